The number of carboxylic acids is 1. The van der Waals surface area contributed by atoms with Crippen LogP contribution in [0.15, 0.2) is 24.3 Å². The molecular weight excluding hydrogens is 220 g/mol. The Balaban J connectivity index is 2.70. The molecule has 0 bridgehead atoms. The molecule has 0 aliphatic rings. The summed E-state index contributed by atoms with van der Waals surface area (Å²) in [6.45, 7) is 3.37. The van der Waals surface area contributed by atoms with Crippen LogP contribution >= 0.6 is 0 Å². The Bertz CT molecular complexity index is 414. The largest absolute Gasteiger partial charge is 0.480 e. The zero-order valence-corrected chi connectivity index (χ0v) is 10.1. The van der Waals surface area contributed by atoms with E-state index in [1.807, 2.05) is 19.1 Å². The maximum atomic E-state index is 11.7. The second kappa shape index (κ2) is 5.34. The van der Waals surface area contributed by atoms with Crippen molar-refractivity contribution in [1.29, 1.82) is 0 Å². The van der Waals surface area contributed by atoms with E-state index in [1.165, 1.54) is 11.8 Å². The minimum absolute atomic E-state index is 0.441. The fourth-order valence-electron chi connectivity index (χ4n) is 1.23. The number of hydrogen-bond donors (Lipinski definition) is 2. The van der Waals surface area contributed by atoms with Crippen molar-refractivity contribution in [1.82, 2.24) is 5.32 Å². The Morgan fingerprint density at radius 2 is 1.82 bits per heavy atom. The molecule has 92 valence electrons. The van der Waals surface area contributed by atoms with E-state index in [4.69, 9.17) is 5.11 Å². The van der Waals surface area contributed by atoms with E-state index in [9.17, 15) is 9.59 Å². The summed E-state index contributed by atoms with van der Waals surface area (Å²) in [5, 5.41) is 11.1. The fourth-order valence-corrected chi connectivity index (χ4v) is 1.23. The van der Waals surface area contributed by atoms with Crippen molar-refractivity contribution >= 4 is 17.7 Å². The molecule has 0 fully saturated rings. The Kier molecular flexibility index (Phi) is 4.09. The van der Waals surface area contributed by atoms with E-state index in [1.54, 1.807) is 19.2 Å². The molecule has 0 aliphatic carbocycles. The molecule has 5 nitrogen and oxygen atoms in total. The van der Waals surface area contributed by atoms with Crippen LogP contribution < -0.4 is 10.2 Å². The number of amides is 2. The summed E-state index contributed by atoms with van der Waals surface area (Å²) in [7, 11) is 1.59. The van der Waals surface area contributed by atoms with Crippen LogP contribution in [0.25, 0.3) is 0 Å². The molecule has 2 N–H and O–H groups in total. The van der Waals surface area contributed by atoms with E-state index in [2.05, 4.69) is 5.32 Å². The first kappa shape index (κ1) is 13.0. The van der Waals surface area contributed by atoms with Gasteiger partial charge >= 0.3 is 12.0 Å². The zero-order valence-electron chi connectivity index (χ0n) is 10.1. The highest BCUT2D eigenvalue weighted by molar-refractivity contribution is 5.93. The fraction of sp³-hybridized carbons (Fsp3) is 0.333. The van der Waals surface area contributed by atoms with Gasteiger partial charge in [-0.2, -0.15) is 0 Å². The van der Waals surface area contributed by atoms with Crippen molar-refractivity contribution in [2.24, 2.45) is 0 Å². The van der Waals surface area contributed by atoms with E-state index in [0.717, 1.165) is 5.56 Å². The summed E-state index contributed by atoms with van der Waals surface area (Å²) in [5.41, 5.74) is 1.81. The second-order valence-electron chi connectivity index (χ2n) is 3.90. The Labute approximate surface area is 100 Å². The highest BCUT2D eigenvalue weighted by Gasteiger charge is 2.17. The lowest BCUT2D eigenvalue weighted by molar-refractivity contribution is -0.138. The number of benzene rings is 1. The maximum Gasteiger partial charge on any atom is 0.325 e. The quantitative estimate of drug-likeness (QED) is 0.837. The summed E-state index contributed by atoms with van der Waals surface area (Å²) in [4.78, 5) is 23.7. The average Bonchev–Trinajstić information content (AvgIpc) is 2.28. The van der Waals surface area contributed by atoms with E-state index < -0.39 is 18.0 Å². The molecule has 5 heteroatoms. The van der Waals surface area contributed by atoms with Gasteiger partial charge in [-0.25, -0.2) is 4.79 Å². The van der Waals surface area contributed by atoms with Crippen molar-refractivity contribution in [2.75, 3.05) is 11.9 Å². The van der Waals surface area contributed by atoms with Crippen LogP contribution in [-0.2, 0) is 4.79 Å². The van der Waals surface area contributed by atoms with Gasteiger partial charge in [0.15, 0.2) is 0 Å². The first-order valence-electron chi connectivity index (χ1n) is 5.25. The van der Waals surface area contributed by atoms with Gasteiger partial charge in [0.05, 0.1) is 0 Å². The highest BCUT2D eigenvalue weighted by atomic mass is 16.4. The lowest BCUT2D eigenvalue weighted by atomic mass is 10.2. The molecule has 0 heterocycles. The highest BCUT2D eigenvalue weighted by Crippen LogP contribution is 2.13. The Morgan fingerprint density at radius 1 is 1.29 bits per heavy atom. The van der Waals surface area contributed by atoms with Crippen molar-refractivity contribution < 1.29 is 14.7 Å². The SMILES string of the molecule is Cc1ccc(N(C)C(=O)NC(C)C(=O)O)cc1. The number of urea groups is 1. The summed E-state index contributed by atoms with van der Waals surface area (Å²) < 4.78 is 0. The van der Waals surface area contributed by atoms with Crippen molar-refractivity contribution in [2.45, 2.75) is 19.9 Å². The van der Waals surface area contributed by atoms with Gasteiger partial charge < -0.3 is 10.4 Å². The lowest BCUT2D eigenvalue weighted by Gasteiger charge is -2.19. The van der Waals surface area contributed by atoms with Crippen molar-refractivity contribution in [3.63, 3.8) is 0 Å². The smallest absolute Gasteiger partial charge is 0.325 e. The predicted molar refractivity (Wildman–Crippen MR) is 65.2 cm³/mol. The summed E-state index contributed by atoms with van der Waals surface area (Å²) in [5.74, 6) is -1.06. The average molecular weight is 236 g/mol. The number of aliphatic carboxylic acids is 1. The number of carbonyl (C=O) groups is 2. The second-order valence-corrected chi connectivity index (χ2v) is 3.90. The molecule has 1 atom stereocenters. The minimum atomic E-state index is -1.06. The molecule has 2 amide bonds. The maximum absolute atomic E-state index is 11.7. The number of nitrogens with one attached hydrogen (secondary N) is 1. The van der Waals surface area contributed by atoms with Gasteiger partial charge in [-0.3, -0.25) is 9.69 Å². The van der Waals surface area contributed by atoms with Crippen LogP contribution in [0, 0.1) is 6.92 Å². The number of hydrogen-bond acceptors (Lipinski definition) is 2. The molecule has 1 aromatic carbocycles. The normalized spacial score (nSPS) is 11.7. The van der Waals surface area contributed by atoms with Crippen LogP contribution in [0.1, 0.15) is 12.5 Å². The molecule has 1 unspecified atom stereocenters. The molecule has 0 aliphatic heterocycles. The number of anilines is 1. The van der Waals surface area contributed by atoms with Crippen molar-refractivity contribution in [3.8, 4) is 0 Å². The molecule has 0 aromatic heterocycles. The third kappa shape index (κ3) is 3.48. The minimum Gasteiger partial charge on any atom is -0.480 e. The van der Waals surface area contributed by atoms with Gasteiger partial charge in [0.2, 0.25) is 0 Å². The summed E-state index contributed by atoms with van der Waals surface area (Å²) >= 11 is 0. The molecule has 0 radical (unpaired) electrons. The van der Waals surface area contributed by atoms with Crippen LogP contribution in [-0.4, -0.2) is 30.2 Å². The first-order valence-corrected chi connectivity index (χ1v) is 5.25. The Hall–Kier alpha value is -2.04. The Morgan fingerprint density at radius 3 is 2.29 bits per heavy atom. The van der Waals surface area contributed by atoms with Gasteiger partial charge in [-0.1, -0.05) is 17.7 Å². The van der Waals surface area contributed by atoms with Gasteiger partial charge in [-0.05, 0) is 26.0 Å². The number of rotatable bonds is 3. The summed E-state index contributed by atoms with van der Waals surface area (Å²) in [6.07, 6.45) is 0. The molecule has 0 spiro atoms. The van der Waals surface area contributed by atoms with E-state index >= 15 is 0 Å². The van der Waals surface area contributed by atoms with E-state index in [0.29, 0.717) is 5.69 Å². The van der Waals surface area contributed by atoms with Crippen LogP contribution in [0.5, 0.6) is 0 Å². The molecular formula is C12H16N2O3. The van der Waals surface area contributed by atoms with Gasteiger partial charge in [0, 0.05) is 12.7 Å². The van der Waals surface area contributed by atoms with Gasteiger partial charge in [0.1, 0.15) is 6.04 Å². The third-order valence-corrected chi connectivity index (χ3v) is 2.44. The molecule has 1 aromatic rings. The zero-order chi connectivity index (χ0) is 13.0. The monoisotopic (exact) mass is 236 g/mol. The number of carbonyl (C=O) groups excluding carboxylic acids is 1. The van der Waals surface area contributed by atoms with Gasteiger partial charge in [-0.15, -0.1) is 0 Å². The van der Waals surface area contributed by atoms with Crippen LogP contribution in [0.2, 0.25) is 0 Å². The molecule has 1 rings (SSSR count). The first-order chi connectivity index (χ1) is 7.91. The third-order valence-electron chi connectivity index (χ3n) is 2.44. The molecule has 0 saturated carbocycles. The number of aryl methyl sites for hydroxylation is 1. The van der Waals surface area contributed by atoms with E-state index in [-0.39, 0.29) is 0 Å². The van der Waals surface area contributed by atoms with Crippen LogP contribution in [0.3, 0.4) is 0 Å². The number of nitrogens with zero attached hydrogens (tertiary/aromatic N) is 1. The standard InChI is InChI=1S/C12H16N2O3/c1-8-4-6-10(7-5-8)14(3)12(17)13-9(2)11(15)16/h4-7,9H,1-3H3,(H,13,17)(H,15,16). The van der Waals surface area contributed by atoms with Crippen LogP contribution in [0.4, 0.5) is 10.5 Å². The molecule has 17 heavy (non-hydrogen) atoms. The number of carboxylic acid groups (broad SMARTS) is 1. The van der Waals surface area contributed by atoms with Crippen molar-refractivity contribution in [3.05, 3.63) is 29.8 Å². The topological polar surface area (TPSA) is 69.6 Å². The molecule has 0 saturated heterocycles. The summed E-state index contributed by atoms with van der Waals surface area (Å²) in [6, 6.07) is 6.04. The van der Waals surface area contributed by atoms with Gasteiger partial charge in [0.25, 0.3) is 0 Å². The lowest BCUT2D eigenvalue weighted by Crippen LogP contribution is -2.45. The predicted octanol–water partition coefficient (Wildman–Crippen LogP) is 1.61.